The summed E-state index contributed by atoms with van der Waals surface area (Å²) in [4.78, 5) is 19.3. The van der Waals surface area contributed by atoms with Crippen LogP contribution in [0.15, 0.2) is 53.1 Å². The minimum absolute atomic E-state index is 0.0275. The van der Waals surface area contributed by atoms with E-state index in [9.17, 15) is 4.79 Å². The number of aromatic nitrogens is 2. The Balaban J connectivity index is 1.25. The fraction of sp³-hybridized carbons (Fsp3) is 0.348. The fourth-order valence-electron chi connectivity index (χ4n) is 3.72. The van der Waals surface area contributed by atoms with Crippen LogP contribution in [0.3, 0.4) is 0 Å². The first-order valence-corrected chi connectivity index (χ1v) is 11.3. The molecule has 1 aliphatic heterocycles. The van der Waals surface area contributed by atoms with Crippen molar-refractivity contribution in [1.82, 2.24) is 20.4 Å². The Bertz CT molecular complexity index is 1060. The van der Waals surface area contributed by atoms with Crippen molar-refractivity contribution >= 4 is 29.1 Å². The molecule has 1 N–H and O–H groups in total. The molecule has 1 amide bonds. The van der Waals surface area contributed by atoms with Gasteiger partial charge >= 0.3 is 0 Å². The molecule has 0 bridgehead atoms. The Labute approximate surface area is 196 Å². The molecule has 0 saturated carbocycles. The van der Waals surface area contributed by atoms with E-state index in [-0.39, 0.29) is 11.8 Å². The molecular weight excluding hydrogens is 451 g/mol. The standard InChI is InChI=1S/C23H24Cl2N4O3/c24-18-8-2-1-7-17(18)22-27-21(32-28-22)15-29-12-5-6-16(14-29)23(30)26-11-13-31-20-10-4-3-9-19(20)25/h1-4,7-10,16H,5-6,11-15H2,(H,26,30). The van der Waals surface area contributed by atoms with Gasteiger partial charge in [0.2, 0.25) is 17.6 Å². The Morgan fingerprint density at radius 3 is 2.75 bits per heavy atom. The van der Waals surface area contributed by atoms with E-state index < -0.39 is 0 Å². The predicted molar refractivity (Wildman–Crippen MR) is 123 cm³/mol. The maximum Gasteiger partial charge on any atom is 0.241 e. The molecule has 1 fully saturated rings. The number of hydrogen-bond donors (Lipinski definition) is 1. The number of piperidine rings is 1. The van der Waals surface area contributed by atoms with E-state index in [0.717, 1.165) is 24.9 Å². The lowest BCUT2D eigenvalue weighted by molar-refractivity contribution is -0.126. The zero-order valence-corrected chi connectivity index (χ0v) is 19.0. The van der Waals surface area contributed by atoms with Crippen molar-refractivity contribution in [3.05, 3.63) is 64.5 Å². The Morgan fingerprint density at radius 2 is 1.94 bits per heavy atom. The number of rotatable bonds is 8. The molecule has 0 spiro atoms. The number of amides is 1. The number of halogens is 2. The van der Waals surface area contributed by atoms with Crippen LogP contribution in [0.5, 0.6) is 5.75 Å². The summed E-state index contributed by atoms with van der Waals surface area (Å²) >= 11 is 12.3. The molecule has 1 aliphatic rings. The maximum absolute atomic E-state index is 12.6. The second-order valence-corrected chi connectivity index (χ2v) is 8.45. The number of para-hydroxylation sites is 1. The number of benzene rings is 2. The number of carbonyl (C=O) groups excluding carboxylic acids is 1. The molecule has 9 heteroatoms. The van der Waals surface area contributed by atoms with Crippen LogP contribution in [0, 0.1) is 5.92 Å². The highest BCUT2D eigenvalue weighted by atomic mass is 35.5. The van der Waals surface area contributed by atoms with Gasteiger partial charge in [-0.1, -0.05) is 52.6 Å². The van der Waals surface area contributed by atoms with Gasteiger partial charge in [-0.2, -0.15) is 4.98 Å². The molecule has 32 heavy (non-hydrogen) atoms. The lowest BCUT2D eigenvalue weighted by Crippen LogP contribution is -2.43. The van der Waals surface area contributed by atoms with Gasteiger partial charge in [-0.25, -0.2) is 0 Å². The number of nitrogens with zero attached hydrogens (tertiary/aromatic N) is 3. The molecule has 2 aromatic carbocycles. The van der Waals surface area contributed by atoms with E-state index in [1.54, 1.807) is 18.2 Å². The van der Waals surface area contributed by atoms with Crippen molar-refractivity contribution < 1.29 is 14.1 Å². The quantitative estimate of drug-likeness (QED) is 0.485. The summed E-state index contributed by atoms with van der Waals surface area (Å²) in [6.45, 7) is 2.80. The predicted octanol–water partition coefficient (Wildman–Crippen LogP) is 4.45. The second kappa shape index (κ2) is 10.8. The van der Waals surface area contributed by atoms with Crippen LogP contribution in [0.1, 0.15) is 18.7 Å². The van der Waals surface area contributed by atoms with Crippen LogP contribution >= 0.6 is 23.2 Å². The summed E-state index contributed by atoms with van der Waals surface area (Å²) in [5.41, 5.74) is 0.735. The van der Waals surface area contributed by atoms with Gasteiger partial charge in [0.05, 0.1) is 29.1 Å². The first kappa shape index (κ1) is 22.6. The van der Waals surface area contributed by atoms with Crippen molar-refractivity contribution in [2.24, 2.45) is 5.92 Å². The molecule has 168 valence electrons. The molecular formula is C23H24Cl2N4O3. The molecule has 0 radical (unpaired) electrons. The lowest BCUT2D eigenvalue weighted by Gasteiger charge is -2.30. The summed E-state index contributed by atoms with van der Waals surface area (Å²) in [5, 5.41) is 8.14. The molecule has 2 heterocycles. The Morgan fingerprint density at radius 1 is 1.16 bits per heavy atom. The van der Waals surface area contributed by atoms with Crippen molar-refractivity contribution in [3.63, 3.8) is 0 Å². The van der Waals surface area contributed by atoms with E-state index in [2.05, 4.69) is 20.4 Å². The van der Waals surface area contributed by atoms with E-state index in [0.29, 0.717) is 53.8 Å². The Hall–Kier alpha value is -2.61. The second-order valence-electron chi connectivity index (χ2n) is 7.64. The van der Waals surface area contributed by atoms with Crippen molar-refractivity contribution in [3.8, 4) is 17.1 Å². The molecule has 1 atom stereocenters. The van der Waals surface area contributed by atoms with Crippen molar-refractivity contribution in [1.29, 1.82) is 0 Å². The first-order valence-electron chi connectivity index (χ1n) is 10.5. The third kappa shape index (κ3) is 5.79. The minimum Gasteiger partial charge on any atom is -0.490 e. The van der Waals surface area contributed by atoms with Crippen LogP contribution in [-0.2, 0) is 11.3 Å². The maximum atomic E-state index is 12.6. The number of carbonyl (C=O) groups is 1. The zero-order valence-electron chi connectivity index (χ0n) is 17.5. The minimum atomic E-state index is -0.0879. The third-order valence-corrected chi connectivity index (χ3v) is 5.96. The summed E-state index contributed by atoms with van der Waals surface area (Å²) in [5.74, 6) is 1.53. The van der Waals surface area contributed by atoms with Crippen LogP contribution in [0.25, 0.3) is 11.4 Å². The molecule has 1 unspecified atom stereocenters. The van der Waals surface area contributed by atoms with Crippen LogP contribution in [0.2, 0.25) is 10.0 Å². The SMILES string of the molecule is O=C(NCCOc1ccccc1Cl)C1CCCN(Cc2nc(-c3ccccc3Cl)no2)C1. The van der Waals surface area contributed by atoms with Crippen LogP contribution in [-0.4, -0.2) is 47.2 Å². The van der Waals surface area contributed by atoms with Gasteiger partial charge in [0.15, 0.2) is 0 Å². The number of hydrogen-bond acceptors (Lipinski definition) is 6. The molecule has 1 saturated heterocycles. The topological polar surface area (TPSA) is 80.5 Å². The molecule has 0 aliphatic carbocycles. The molecule has 3 aromatic rings. The van der Waals surface area contributed by atoms with Gasteiger partial charge in [-0.3, -0.25) is 9.69 Å². The van der Waals surface area contributed by atoms with Crippen molar-refractivity contribution in [2.45, 2.75) is 19.4 Å². The van der Waals surface area contributed by atoms with E-state index in [4.69, 9.17) is 32.5 Å². The summed E-state index contributed by atoms with van der Waals surface area (Å²) in [7, 11) is 0. The van der Waals surface area contributed by atoms with E-state index in [1.807, 2.05) is 30.3 Å². The summed E-state index contributed by atoms with van der Waals surface area (Å²) in [6.07, 6.45) is 1.78. The molecule has 4 rings (SSSR count). The van der Waals surface area contributed by atoms with Gasteiger partial charge in [0, 0.05) is 12.1 Å². The highest BCUT2D eigenvalue weighted by molar-refractivity contribution is 6.33. The Kier molecular flexibility index (Phi) is 7.63. The number of nitrogens with one attached hydrogen (secondary N) is 1. The third-order valence-electron chi connectivity index (χ3n) is 5.31. The number of likely N-dealkylation sites (tertiary alicyclic amines) is 1. The van der Waals surface area contributed by atoms with Crippen LogP contribution < -0.4 is 10.1 Å². The van der Waals surface area contributed by atoms with Gasteiger partial charge < -0.3 is 14.6 Å². The summed E-state index contributed by atoms with van der Waals surface area (Å²) in [6, 6.07) is 14.7. The number of ether oxygens (including phenoxy) is 1. The van der Waals surface area contributed by atoms with Gasteiger partial charge in [-0.15, -0.1) is 0 Å². The fourth-order valence-corrected chi connectivity index (χ4v) is 4.13. The molecule has 7 nitrogen and oxygen atoms in total. The van der Waals surface area contributed by atoms with Gasteiger partial charge in [0.25, 0.3) is 0 Å². The smallest absolute Gasteiger partial charge is 0.241 e. The molecule has 1 aromatic heterocycles. The first-order chi connectivity index (χ1) is 15.6. The average Bonchev–Trinajstić information content (AvgIpc) is 3.26. The van der Waals surface area contributed by atoms with E-state index in [1.165, 1.54) is 0 Å². The summed E-state index contributed by atoms with van der Waals surface area (Å²) < 4.78 is 11.0. The zero-order chi connectivity index (χ0) is 22.3. The van der Waals surface area contributed by atoms with Gasteiger partial charge in [-0.05, 0) is 43.7 Å². The largest absolute Gasteiger partial charge is 0.490 e. The highest BCUT2D eigenvalue weighted by Gasteiger charge is 2.27. The monoisotopic (exact) mass is 474 g/mol. The van der Waals surface area contributed by atoms with Crippen LogP contribution in [0.4, 0.5) is 0 Å². The average molecular weight is 475 g/mol. The van der Waals surface area contributed by atoms with Crippen molar-refractivity contribution in [2.75, 3.05) is 26.2 Å². The normalized spacial score (nSPS) is 16.6. The lowest BCUT2D eigenvalue weighted by atomic mass is 9.97. The van der Waals surface area contributed by atoms with Gasteiger partial charge in [0.1, 0.15) is 12.4 Å². The highest BCUT2D eigenvalue weighted by Crippen LogP contribution is 2.26. The van der Waals surface area contributed by atoms with E-state index >= 15 is 0 Å².